The van der Waals surface area contributed by atoms with Gasteiger partial charge in [-0.05, 0) is 40.8 Å². The summed E-state index contributed by atoms with van der Waals surface area (Å²) in [5.41, 5.74) is 2.91. The number of hydrogen-bond acceptors (Lipinski definition) is 3. The van der Waals surface area contributed by atoms with Gasteiger partial charge in [-0.2, -0.15) is 0 Å². The van der Waals surface area contributed by atoms with E-state index in [4.69, 9.17) is 0 Å². The standard InChI is InChI=1S/C20H17NO3S/c1-12-15(9-14-7-4-6-13-5-2-3-8-16(13)14)10-18(22)21-17(20(23)24)11-25-19(12)21/h2-8,10,17H,9,11H2,1H3,(H,23,24)/t17-/m0/s1. The minimum Gasteiger partial charge on any atom is -0.480 e. The predicted octanol–water partition coefficient (Wildman–Crippen LogP) is 3.63. The third-order valence-corrected chi connectivity index (χ3v) is 6.05. The molecule has 126 valence electrons. The van der Waals surface area contributed by atoms with Gasteiger partial charge in [0.25, 0.3) is 5.56 Å². The molecule has 1 aromatic heterocycles. The molecule has 0 saturated heterocycles. The molecule has 1 N–H and O–H groups in total. The van der Waals surface area contributed by atoms with Crippen molar-refractivity contribution in [2.24, 2.45) is 0 Å². The number of hydrogen-bond donors (Lipinski definition) is 1. The number of benzene rings is 2. The van der Waals surface area contributed by atoms with Crippen molar-refractivity contribution in [3.8, 4) is 0 Å². The molecule has 0 amide bonds. The Kier molecular flexibility index (Phi) is 3.88. The lowest BCUT2D eigenvalue weighted by Crippen LogP contribution is -2.29. The number of carboxylic acids is 1. The average Bonchev–Trinajstić information content (AvgIpc) is 3.06. The molecule has 0 spiro atoms. The number of carbonyl (C=O) groups is 1. The second kappa shape index (κ2) is 6.08. The third kappa shape index (κ3) is 2.65. The highest BCUT2D eigenvalue weighted by Gasteiger charge is 2.31. The van der Waals surface area contributed by atoms with Crippen molar-refractivity contribution < 1.29 is 9.90 Å². The van der Waals surface area contributed by atoms with E-state index < -0.39 is 12.0 Å². The van der Waals surface area contributed by atoms with Crippen molar-refractivity contribution in [3.05, 3.63) is 75.6 Å². The maximum Gasteiger partial charge on any atom is 0.327 e. The number of aromatic nitrogens is 1. The number of carboxylic acid groups (broad SMARTS) is 1. The molecular weight excluding hydrogens is 334 g/mol. The molecule has 4 nitrogen and oxygen atoms in total. The first-order valence-corrected chi connectivity index (χ1v) is 9.12. The Balaban J connectivity index is 1.81. The summed E-state index contributed by atoms with van der Waals surface area (Å²) in [5, 5.41) is 12.5. The molecular formula is C20H17NO3S. The molecule has 2 aromatic carbocycles. The molecule has 1 aliphatic heterocycles. The van der Waals surface area contributed by atoms with Crippen LogP contribution in [0.5, 0.6) is 0 Å². The van der Waals surface area contributed by atoms with Gasteiger partial charge >= 0.3 is 5.97 Å². The number of nitrogens with zero attached hydrogens (tertiary/aromatic N) is 1. The molecule has 1 atom stereocenters. The van der Waals surface area contributed by atoms with Gasteiger partial charge in [0.2, 0.25) is 0 Å². The summed E-state index contributed by atoms with van der Waals surface area (Å²) in [7, 11) is 0. The van der Waals surface area contributed by atoms with Crippen molar-refractivity contribution in [1.29, 1.82) is 0 Å². The molecule has 0 saturated carbocycles. The van der Waals surface area contributed by atoms with Crippen LogP contribution in [0, 0.1) is 6.92 Å². The summed E-state index contributed by atoms with van der Waals surface area (Å²) in [6, 6.07) is 15.2. The quantitative estimate of drug-likeness (QED) is 0.783. The summed E-state index contributed by atoms with van der Waals surface area (Å²) >= 11 is 1.46. The van der Waals surface area contributed by atoms with Crippen LogP contribution in [0.3, 0.4) is 0 Å². The summed E-state index contributed by atoms with van der Waals surface area (Å²) in [4.78, 5) is 23.9. The van der Waals surface area contributed by atoms with E-state index in [1.54, 1.807) is 6.07 Å². The van der Waals surface area contributed by atoms with Gasteiger partial charge in [0.15, 0.2) is 0 Å². The van der Waals surface area contributed by atoms with E-state index in [0.29, 0.717) is 12.2 Å². The van der Waals surface area contributed by atoms with Crippen LogP contribution in [0.2, 0.25) is 0 Å². The van der Waals surface area contributed by atoms with Crippen molar-refractivity contribution >= 4 is 28.5 Å². The number of aliphatic carboxylic acids is 1. The zero-order valence-corrected chi connectivity index (χ0v) is 14.5. The molecule has 4 rings (SSSR count). The Morgan fingerprint density at radius 2 is 1.96 bits per heavy atom. The summed E-state index contributed by atoms with van der Waals surface area (Å²) < 4.78 is 1.43. The highest BCUT2D eigenvalue weighted by molar-refractivity contribution is 7.99. The Morgan fingerprint density at radius 3 is 2.76 bits per heavy atom. The fourth-order valence-electron chi connectivity index (χ4n) is 3.47. The lowest BCUT2D eigenvalue weighted by molar-refractivity contribution is -0.140. The van der Waals surface area contributed by atoms with E-state index in [1.807, 2.05) is 25.1 Å². The first-order valence-electron chi connectivity index (χ1n) is 8.13. The Bertz CT molecular complexity index is 1050. The van der Waals surface area contributed by atoms with Crippen molar-refractivity contribution in [2.75, 3.05) is 5.75 Å². The van der Waals surface area contributed by atoms with Crippen molar-refractivity contribution in [1.82, 2.24) is 4.57 Å². The van der Waals surface area contributed by atoms with Crippen LogP contribution in [0.15, 0.2) is 58.4 Å². The first kappa shape index (κ1) is 16.0. The Hall–Kier alpha value is -2.53. The van der Waals surface area contributed by atoms with Gasteiger partial charge in [-0.15, -0.1) is 11.8 Å². The van der Waals surface area contributed by atoms with Gasteiger partial charge in [0.1, 0.15) is 6.04 Å². The molecule has 1 aliphatic rings. The molecule has 3 aromatic rings. The smallest absolute Gasteiger partial charge is 0.327 e. The van der Waals surface area contributed by atoms with E-state index in [9.17, 15) is 14.7 Å². The van der Waals surface area contributed by atoms with E-state index >= 15 is 0 Å². The maximum absolute atomic E-state index is 12.5. The van der Waals surface area contributed by atoms with E-state index in [1.165, 1.54) is 32.7 Å². The highest BCUT2D eigenvalue weighted by Crippen LogP contribution is 2.36. The molecule has 5 heteroatoms. The van der Waals surface area contributed by atoms with Crippen molar-refractivity contribution in [2.45, 2.75) is 24.4 Å². The molecule has 2 heterocycles. The summed E-state index contributed by atoms with van der Waals surface area (Å²) in [6.45, 7) is 1.98. The Morgan fingerprint density at radius 1 is 1.20 bits per heavy atom. The van der Waals surface area contributed by atoms with E-state index in [2.05, 4.69) is 24.3 Å². The summed E-state index contributed by atoms with van der Waals surface area (Å²) in [6.07, 6.45) is 0.661. The van der Waals surface area contributed by atoms with E-state index in [-0.39, 0.29) is 5.56 Å². The van der Waals surface area contributed by atoms with Crippen LogP contribution >= 0.6 is 11.8 Å². The molecule has 0 bridgehead atoms. The van der Waals surface area contributed by atoms with Crippen molar-refractivity contribution in [3.63, 3.8) is 0 Å². The number of rotatable bonds is 3. The predicted molar refractivity (Wildman–Crippen MR) is 99.6 cm³/mol. The van der Waals surface area contributed by atoms with Crippen LogP contribution in [-0.4, -0.2) is 21.4 Å². The van der Waals surface area contributed by atoms with Gasteiger partial charge in [0.05, 0.1) is 5.03 Å². The second-order valence-electron chi connectivity index (χ2n) is 6.29. The molecule has 25 heavy (non-hydrogen) atoms. The SMILES string of the molecule is Cc1c(Cc2cccc3ccccc23)cc(=O)n2c1SC[C@H]2C(=O)O. The van der Waals surface area contributed by atoms with Crippen LogP contribution in [0.25, 0.3) is 10.8 Å². The monoisotopic (exact) mass is 351 g/mol. The van der Waals surface area contributed by atoms with Gasteiger partial charge in [0, 0.05) is 11.8 Å². The van der Waals surface area contributed by atoms with Gasteiger partial charge in [-0.25, -0.2) is 4.79 Å². The van der Waals surface area contributed by atoms with Gasteiger partial charge in [-0.3, -0.25) is 9.36 Å². The molecule has 0 radical (unpaired) electrons. The van der Waals surface area contributed by atoms with Gasteiger partial charge in [-0.1, -0.05) is 42.5 Å². The normalized spacial score (nSPS) is 16.1. The van der Waals surface area contributed by atoms with Crippen LogP contribution in [0.1, 0.15) is 22.7 Å². The number of pyridine rings is 1. The molecule has 0 unspecified atom stereocenters. The fraction of sp³-hybridized carbons (Fsp3) is 0.200. The van der Waals surface area contributed by atoms with Crippen LogP contribution < -0.4 is 5.56 Å². The minimum atomic E-state index is -0.949. The second-order valence-corrected chi connectivity index (χ2v) is 7.30. The molecule has 0 fully saturated rings. The largest absolute Gasteiger partial charge is 0.480 e. The van der Waals surface area contributed by atoms with Crippen LogP contribution in [0.4, 0.5) is 0 Å². The zero-order valence-electron chi connectivity index (χ0n) is 13.7. The Labute approximate surface area is 149 Å². The average molecular weight is 351 g/mol. The molecule has 0 aliphatic carbocycles. The number of fused-ring (bicyclic) bond motifs is 2. The maximum atomic E-state index is 12.5. The topological polar surface area (TPSA) is 59.3 Å². The van der Waals surface area contributed by atoms with Gasteiger partial charge < -0.3 is 5.11 Å². The summed E-state index contributed by atoms with van der Waals surface area (Å²) in [5.74, 6) is -0.544. The minimum absolute atomic E-state index is 0.228. The number of thioether (sulfide) groups is 1. The van der Waals surface area contributed by atoms with Crippen LogP contribution in [-0.2, 0) is 11.2 Å². The van der Waals surface area contributed by atoms with E-state index in [0.717, 1.165) is 16.2 Å². The highest BCUT2D eigenvalue weighted by atomic mass is 32.2. The fourth-order valence-corrected chi connectivity index (χ4v) is 4.78. The first-order chi connectivity index (χ1) is 12.1. The lowest BCUT2D eigenvalue weighted by atomic mass is 9.97. The third-order valence-electron chi connectivity index (χ3n) is 4.79. The lowest BCUT2D eigenvalue weighted by Gasteiger charge is -2.14. The zero-order chi connectivity index (χ0) is 17.6.